The summed E-state index contributed by atoms with van der Waals surface area (Å²) >= 11 is 6.02. The molecule has 0 aliphatic heterocycles. The van der Waals surface area contributed by atoms with Gasteiger partial charge in [-0.15, -0.1) is 0 Å². The van der Waals surface area contributed by atoms with Crippen LogP contribution in [0.5, 0.6) is 5.75 Å². The van der Waals surface area contributed by atoms with Crippen LogP contribution < -0.4 is 14.8 Å². The van der Waals surface area contributed by atoms with Gasteiger partial charge in [-0.25, -0.2) is 13.1 Å². The molecule has 1 unspecified atom stereocenters. The molecule has 2 aromatic rings. The second-order valence-corrected chi connectivity index (χ2v) is 9.34. The predicted octanol–water partition coefficient (Wildman–Crippen LogP) is 4.06. The van der Waals surface area contributed by atoms with Gasteiger partial charge in [0.1, 0.15) is 10.6 Å². The Kier molecular flexibility index (Phi) is 6.82. The molecule has 156 valence electrons. The number of methoxy groups -OCH3 is 1. The first-order valence-electron chi connectivity index (χ1n) is 9.57. The minimum Gasteiger partial charge on any atom is -0.495 e. The predicted molar refractivity (Wildman–Crippen MR) is 113 cm³/mol. The lowest BCUT2D eigenvalue weighted by Gasteiger charge is -2.17. The molecule has 1 aliphatic rings. The molecule has 29 heavy (non-hydrogen) atoms. The summed E-state index contributed by atoms with van der Waals surface area (Å²) in [5.74, 6) is -0.174. The van der Waals surface area contributed by atoms with Crippen molar-refractivity contribution in [2.24, 2.45) is 0 Å². The Hall–Kier alpha value is -2.09. The summed E-state index contributed by atoms with van der Waals surface area (Å²) in [6.45, 7) is 1.84. The Labute approximate surface area is 176 Å². The zero-order chi connectivity index (χ0) is 21.0. The molecule has 0 bridgehead atoms. The Morgan fingerprint density at radius 2 is 1.90 bits per heavy atom. The largest absolute Gasteiger partial charge is 0.495 e. The quantitative estimate of drug-likeness (QED) is 0.685. The van der Waals surface area contributed by atoms with Crippen LogP contribution in [0.15, 0.2) is 47.4 Å². The highest BCUT2D eigenvalue weighted by molar-refractivity contribution is 7.89. The van der Waals surface area contributed by atoms with Crippen molar-refractivity contribution in [3.8, 4) is 5.75 Å². The summed E-state index contributed by atoms with van der Waals surface area (Å²) in [4.78, 5) is 12.7. The number of benzene rings is 2. The SMILES string of the molecule is COc1ccc(C(=O)NC(C)c2cccc(Cl)c2)cc1S(=O)(=O)NC1CCCC1. The summed E-state index contributed by atoms with van der Waals surface area (Å²) in [6.07, 6.45) is 3.65. The molecular weight excluding hydrogens is 412 g/mol. The van der Waals surface area contributed by atoms with Crippen molar-refractivity contribution in [1.82, 2.24) is 10.0 Å². The summed E-state index contributed by atoms with van der Waals surface area (Å²) in [5.41, 5.74) is 1.10. The highest BCUT2D eigenvalue weighted by Gasteiger charge is 2.27. The Balaban J connectivity index is 1.82. The van der Waals surface area contributed by atoms with Crippen molar-refractivity contribution >= 4 is 27.5 Å². The molecule has 0 radical (unpaired) electrons. The van der Waals surface area contributed by atoms with E-state index in [1.165, 1.54) is 19.2 Å². The molecular formula is C21H25ClN2O4S. The van der Waals surface area contributed by atoms with Crippen molar-refractivity contribution in [2.75, 3.05) is 7.11 Å². The van der Waals surface area contributed by atoms with Gasteiger partial charge in [0, 0.05) is 16.6 Å². The molecule has 1 fully saturated rings. The van der Waals surface area contributed by atoms with Crippen LogP contribution in [0.4, 0.5) is 0 Å². The maximum Gasteiger partial charge on any atom is 0.251 e. The number of carbonyl (C=O) groups excluding carboxylic acids is 1. The third-order valence-electron chi connectivity index (χ3n) is 5.09. The van der Waals surface area contributed by atoms with E-state index in [0.717, 1.165) is 31.2 Å². The molecule has 1 atom stereocenters. The van der Waals surface area contributed by atoms with Gasteiger partial charge in [0.25, 0.3) is 5.91 Å². The topological polar surface area (TPSA) is 84.5 Å². The van der Waals surface area contributed by atoms with E-state index in [4.69, 9.17) is 16.3 Å². The molecule has 1 aliphatic carbocycles. The van der Waals surface area contributed by atoms with E-state index in [0.29, 0.717) is 5.02 Å². The third-order valence-corrected chi connectivity index (χ3v) is 6.87. The van der Waals surface area contributed by atoms with Gasteiger partial charge in [0.2, 0.25) is 10.0 Å². The lowest BCUT2D eigenvalue weighted by atomic mass is 10.1. The minimum atomic E-state index is -3.80. The van der Waals surface area contributed by atoms with E-state index in [-0.39, 0.29) is 34.2 Å². The van der Waals surface area contributed by atoms with Crippen LogP contribution in [0.25, 0.3) is 0 Å². The number of hydrogen-bond acceptors (Lipinski definition) is 4. The number of ether oxygens (including phenoxy) is 1. The zero-order valence-corrected chi connectivity index (χ0v) is 18.0. The first-order valence-corrected chi connectivity index (χ1v) is 11.4. The number of amides is 1. The fraction of sp³-hybridized carbons (Fsp3) is 0.381. The van der Waals surface area contributed by atoms with Crippen LogP contribution in [0.2, 0.25) is 5.02 Å². The van der Waals surface area contributed by atoms with Gasteiger partial charge >= 0.3 is 0 Å². The van der Waals surface area contributed by atoms with E-state index in [1.54, 1.807) is 18.2 Å². The molecule has 1 amide bonds. The van der Waals surface area contributed by atoms with Crippen LogP contribution in [-0.4, -0.2) is 27.5 Å². The standard InChI is InChI=1S/C21H25ClN2O4S/c1-14(15-6-5-7-17(22)12-15)23-21(25)16-10-11-19(28-2)20(13-16)29(26,27)24-18-8-3-4-9-18/h5-7,10-14,18,24H,3-4,8-9H2,1-2H3,(H,23,25). The molecule has 0 saturated heterocycles. The Morgan fingerprint density at radius 1 is 1.17 bits per heavy atom. The number of sulfonamides is 1. The minimum absolute atomic E-state index is 0.0324. The van der Waals surface area contributed by atoms with Crippen LogP contribution in [-0.2, 0) is 10.0 Å². The van der Waals surface area contributed by atoms with Crippen molar-refractivity contribution in [3.05, 3.63) is 58.6 Å². The molecule has 2 N–H and O–H groups in total. The molecule has 0 spiro atoms. The highest BCUT2D eigenvalue weighted by atomic mass is 35.5. The maximum atomic E-state index is 12.9. The Bertz CT molecular complexity index is 988. The monoisotopic (exact) mass is 436 g/mol. The van der Waals surface area contributed by atoms with Crippen molar-refractivity contribution in [1.29, 1.82) is 0 Å². The zero-order valence-electron chi connectivity index (χ0n) is 16.4. The summed E-state index contributed by atoms with van der Waals surface area (Å²) < 4.78 is 33.7. The van der Waals surface area contributed by atoms with E-state index in [2.05, 4.69) is 10.0 Å². The number of halogens is 1. The van der Waals surface area contributed by atoms with Gasteiger partial charge in [0.05, 0.1) is 13.2 Å². The Morgan fingerprint density at radius 3 is 2.55 bits per heavy atom. The van der Waals surface area contributed by atoms with Crippen LogP contribution in [0, 0.1) is 0 Å². The van der Waals surface area contributed by atoms with E-state index in [1.807, 2.05) is 19.1 Å². The first kappa shape index (κ1) is 21.6. The first-order chi connectivity index (χ1) is 13.8. The smallest absolute Gasteiger partial charge is 0.251 e. The summed E-state index contributed by atoms with van der Waals surface area (Å²) in [6, 6.07) is 11.3. The fourth-order valence-corrected chi connectivity index (χ4v) is 5.19. The average Bonchev–Trinajstić information content (AvgIpc) is 3.19. The molecule has 0 heterocycles. The second-order valence-electron chi connectivity index (χ2n) is 7.22. The normalized spacial score (nSPS) is 15.8. The van der Waals surface area contributed by atoms with E-state index >= 15 is 0 Å². The molecule has 1 saturated carbocycles. The van der Waals surface area contributed by atoms with Gasteiger partial charge in [-0.3, -0.25) is 4.79 Å². The lowest BCUT2D eigenvalue weighted by Crippen LogP contribution is -2.33. The molecule has 0 aromatic heterocycles. The van der Waals surface area contributed by atoms with Gasteiger partial charge in [-0.2, -0.15) is 0 Å². The van der Waals surface area contributed by atoms with Crippen molar-refractivity contribution in [3.63, 3.8) is 0 Å². The average molecular weight is 437 g/mol. The third kappa shape index (κ3) is 5.29. The number of carbonyl (C=O) groups is 1. The fourth-order valence-electron chi connectivity index (χ4n) is 3.49. The van der Waals surface area contributed by atoms with E-state index in [9.17, 15) is 13.2 Å². The van der Waals surface area contributed by atoms with E-state index < -0.39 is 10.0 Å². The van der Waals surface area contributed by atoms with Gasteiger partial charge in [-0.1, -0.05) is 36.6 Å². The number of nitrogens with one attached hydrogen (secondary N) is 2. The van der Waals surface area contributed by atoms with Crippen molar-refractivity contribution in [2.45, 2.75) is 49.6 Å². The maximum absolute atomic E-state index is 12.9. The molecule has 8 heteroatoms. The summed E-state index contributed by atoms with van der Waals surface area (Å²) in [5, 5.41) is 3.46. The molecule has 6 nitrogen and oxygen atoms in total. The highest BCUT2D eigenvalue weighted by Crippen LogP contribution is 2.27. The van der Waals surface area contributed by atoms with Crippen LogP contribution in [0.1, 0.15) is 54.6 Å². The van der Waals surface area contributed by atoms with Crippen LogP contribution >= 0.6 is 11.6 Å². The van der Waals surface area contributed by atoms with Crippen LogP contribution in [0.3, 0.4) is 0 Å². The van der Waals surface area contributed by atoms with Gasteiger partial charge in [-0.05, 0) is 55.7 Å². The van der Waals surface area contributed by atoms with Crippen molar-refractivity contribution < 1.29 is 17.9 Å². The molecule has 3 rings (SSSR count). The molecule has 2 aromatic carbocycles. The second kappa shape index (κ2) is 9.15. The lowest BCUT2D eigenvalue weighted by molar-refractivity contribution is 0.0939. The summed E-state index contributed by atoms with van der Waals surface area (Å²) in [7, 11) is -2.39. The van der Waals surface area contributed by atoms with Gasteiger partial charge < -0.3 is 10.1 Å². The van der Waals surface area contributed by atoms with Gasteiger partial charge in [0.15, 0.2) is 0 Å². The number of rotatable bonds is 7. The number of hydrogen-bond donors (Lipinski definition) is 2.